The molecule has 100 valence electrons. The van der Waals surface area contributed by atoms with E-state index >= 15 is 0 Å². The molecule has 0 saturated carbocycles. The Labute approximate surface area is 117 Å². The third-order valence-electron chi connectivity index (χ3n) is 3.32. The molecule has 0 aliphatic carbocycles. The van der Waals surface area contributed by atoms with E-state index in [2.05, 4.69) is 46.4 Å². The predicted octanol–water partition coefficient (Wildman–Crippen LogP) is 3.34. The molecular weight excluding hydrogens is 248 g/mol. The van der Waals surface area contributed by atoms with E-state index in [-0.39, 0.29) is 0 Å². The van der Waals surface area contributed by atoms with Crippen LogP contribution in [0.5, 0.6) is 0 Å². The van der Waals surface area contributed by atoms with Crippen LogP contribution in [0, 0.1) is 13.8 Å². The molecule has 20 heavy (non-hydrogen) atoms. The number of pyridine rings is 1. The molecule has 2 heterocycles. The first-order valence-electron chi connectivity index (χ1n) is 6.49. The summed E-state index contributed by atoms with van der Waals surface area (Å²) in [6.45, 7) is 4.03. The summed E-state index contributed by atoms with van der Waals surface area (Å²) in [4.78, 5) is 4.22. The minimum atomic E-state index is 0.512. The van der Waals surface area contributed by atoms with Crippen LogP contribution in [0.3, 0.4) is 0 Å². The standard InChI is InChI=1S/C16H16N4/c1-10-3-5-12(6-4-10)14-15(19-20-16(14)17)13-7-8-18-11(2)9-13/h3-9H,1-2H3,(H3,17,19,20). The number of nitrogen functional groups attached to an aromatic ring is 1. The predicted molar refractivity (Wildman–Crippen MR) is 81.1 cm³/mol. The van der Waals surface area contributed by atoms with Crippen molar-refractivity contribution in [3.63, 3.8) is 0 Å². The lowest BCUT2D eigenvalue weighted by Gasteiger charge is -2.06. The van der Waals surface area contributed by atoms with Gasteiger partial charge in [-0.3, -0.25) is 10.1 Å². The van der Waals surface area contributed by atoms with Gasteiger partial charge in [0.1, 0.15) is 0 Å². The number of nitrogens with one attached hydrogen (secondary N) is 1. The molecule has 1 aromatic carbocycles. The van der Waals surface area contributed by atoms with Gasteiger partial charge in [-0.25, -0.2) is 0 Å². The van der Waals surface area contributed by atoms with E-state index in [4.69, 9.17) is 5.73 Å². The largest absolute Gasteiger partial charge is 0.382 e. The van der Waals surface area contributed by atoms with Crippen molar-refractivity contribution in [2.45, 2.75) is 13.8 Å². The third-order valence-corrected chi connectivity index (χ3v) is 3.32. The van der Waals surface area contributed by atoms with Crippen molar-refractivity contribution in [2.24, 2.45) is 0 Å². The highest BCUT2D eigenvalue weighted by molar-refractivity contribution is 5.87. The molecule has 2 aromatic heterocycles. The second-order valence-electron chi connectivity index (χ2n) is 4.91. The van der Waals surface area contributed by atoms with Crippen molar-refractivity contribution in [3.05, 3.63) is 53.9 Å². The zero-order valence-electron chi connectivity index (χ0n) is 11.5. The van der Waals surface area contributed by atoms with Gasteiger partial charge in [-0.2, -0.15) is 5.10 Å². The number of nitrogens with zero attached hydrogens (tertiary/aromatic N) is 2. The van der Waals surface area contributed by atoms with Crippen LogP contribution in [-0.4, -0.2) is 15.2 Å². The van der Waals surface area contributed by atoms with E-state index in [1.54, 1.807) is 6.20 Å². The second kappa shape index (κ2) is 4.81. The van der Waals surface area contributed by atoms with Gasteiger partial charge in [0, 0.05) is 17.5 Å². The summed E-state index contributed by atoms with van der Waals surface area (Å²) in [5, 5.41) is 7.18. The Morgan fingerprint density at radius 2 is 1.75 bits per heavy atom. The summed E-state index contributed by atoms with van der Waals surface area (Å²) < 4.78 is 0. The summed E-state index contributed by atoms with van der Waals surface area (Å²) in [6.07, 6.45) is 1.79. The van der Waals surface area contributed by atoms with Crippen LogP contribution in [-0.2, 0) is 0 Å². The van der Waals surface area contributed by atoms with Gasteiger partial charge in [0.05, 0.1) is 11.3 Å². The van der Waals surface area contributed by atoms with Crippen molar-refractivity contribution in [2.75, 3.05) is 5.73 Å². The molecule has 0 aliphatic heterocycles. The molecule has 0 aliphatic rings. The number of aryl methyl sites for hydroxylation is 2. The van der Waals surface area contributed by atoms with Gasteiger partial charge in [-0.15, -0.1) is 0 Å². The van der Waals surface area contributed by atoms with Crippen LogP contribution in [0.1, 0.15) is 11.3 Å². The summed E-state index contributed by atoms with van der Waals surface area (Å²) in [5.41, 5.74) is 12.2. The summed E-state index contributed by atoms with van der Waals surface area (Å²) in [6, 6.07) is 12.2. The molecule has 4 heteroatoms. The van der Waals surface area contributed by atoms with Gasteiger partial charge < -0.3 is 5.73 Å². The maximum atomic E-state index is 6.03. The third kappa shape index (κ3) is 2.16. The summed E-state index contributed by atoms with van der Waals surface area (Å²) in [5.74, 6) is 0.512. The molecule has 3 aromatic rings. The van der Waals surface area contributed by atoms with Crippen molar-refractivity contribution >= 4 is 5.82 Å². The van der Waals surface area contributed by atoms with E-state index in [1.165, 1.54) is 5.56 Å². The Bertz CT molecular complexity index is 741. The monoisotopic (exact) mass is 264 g/mol. The fraction of sp³-hybridized carbons (Fsp3) is 0.125. The van der Waals surface area contributed by atoms with Gasteiger partial charge in [0.2, 0.25) is 0 Å². The molecular formula is C16H16N4. The van der Waals surface area contributed by atoms with Crippen LogP contribution in [0.2, 0.25) is 0 Å². The second-order valence-corrected chi connectivity index (χ2v) is 4.91. The molecule has 0 radical (unpaired) electrons. The highest BCUT2D eigenvalue weighted by Gasteiger charge is 2.14. The molecule has 0 saturated heterocycles. The molecule has 0 bridgehead atoms. The van der Waals surface area contributed by atoms with Gasteiger partial charge in [-0.05, 0) is 31.5 Å². The fourth-order valence-corrected chi connectivity index (χ4v) is 2.28. The quantitative estimate of drug-likeness (QED) is 0.746. The van der Waals surface area contributed by atoms with E-state index < -0.39 is 0 Å². The number of hydrogen-bond donors (Lipinski definition) is 2. The molecule has 3 rings (SSSR count). The van der Waals surface area contributed by atoms with Crippen molar-refractivity contribution in [3.8, 4) is 22.4 Å². The number of aromatic nitrogens is 3. The lowest BCUT2D eigenvalue weighted by Crippen LogP contribution is -1.89. The van der Waals surface area contributed by atoms with E-state index in [0.717, 1.165) is 28.1 Å². The average molecular weight is 264 g/mol. The molecule has 0 atom stereocenters. The summed E-state index contributed by atoms with van der Waals surface area (Å²) >= 11 is 0. The molecule has 3 N–H and O–H groups in total. The van der Waals surface area contributed by atoms with Crippen LogP contribution in [0.25, 0.3) is 22.4 Å². The highest BCUT2D eigenvalue weighted by Crippen LogP contribution is 2.34. The molecule has 0 amide bonds. The number of H-pyrrole nitrogens is 1. The van der Waals surface area contributed by atoms with Crippen LogP contribution in [0.15, 0.2) is 42.6 Å². The Balaban J connectivity index is 2.17. The maximum Gasteiger partial charge on any atom is 0.153 e. The first kappa shape index (κ1) is 12.4. The first-order valence-corrected chi connectivity index (χ1v) is 6.49. The van der Waals surface area contributed by atoms with Gasteiger partial charge in [-0.1, -0.05) is 29.8 Å². The van der Waals surface area contributed by atoms with Crippen molar-refractivity contribution in [1.82, 2.24) is 15.2 Å². The van der Waals surface area contributed by atoms with Crippen molar-refractivity contribution < 1.29 is 0 Å². The lowest BCUT2D eigenvalue weighted by molar-refractivity contribution is 1.10. The minimum absolute atomic E-state index is 0.512. The lowest BCUT2D eigenvalue weighted by atomic mass is 10.0. The van der Waals surface area contributed by atoms with E-state index in [0.29, 0.717) is 5.82 Å². The van der Waals surface area contributed by atoms with E-state index in [1.807, 2.05) is 19.1 Å². The number of aromatic amines is 1. The molecule has 0 fully saturated rings. The zero-order valence-corrected chi connectivity index (χ0v) is 11.5. The normalized spacial score (nSPS) is 10.7. The highest BCUT2D eigenvalue weighted by atomic mass is 15.2. The summed E-state index contributed by atoms with van der Waals surface area (Å²) in [7, 11) is 0. The molecule has 0 unspecified atom stereocenters. The minimum Gasteiger partial charge on any atom is -0.382 e. The Kier molecular flexibility index (Phi) is 2.99. The zero-order chi connectivity index (χ0) is 14.1. The van der Waals surface area contributed by atoms with Gasteiger partial charge in [0.25, 0.3) is 0 Å². The molecule has 4 nitrogen and oxygen atoms in total. The smallest absolute Gasteiger partial charge is 0.153 e. The van der Waals surface area contributed by atoms with Crippen LogP contribution >= 0.6 is 0 Å². The average Bonchev–Trinajstić information content (AvgIpc) is 2.82. The van der Waals surface area contributed by atoms with Crippen LogP contribution < -0.4 is 5.73 Å². The Morgan fingerprint density at radius 3 is 2.45 bits per heavy atom. The number of hydrogen-bond acceptors (Lipinski definition) is 3. The Morgan fingerprint density at radius 1 is 1.00 bits per heavy atom. The topological polar surface area (TPSA) is 67.6 Å². The van der Waals surface area contributed by atoms with Crippen molar-refractivity contribution in [1.29, 1.82) is 0 Å². The maximum absolute atomic E-state index is 6.03. The van der Waals surface area contributed by atoms with Crippen LogP contribution in [0.4, 0.5) is 5.82 Å². The SMILES string of the molecule is Cc1ccc(-c2c(N)n[nH]c2-c2ccnc(C)c2)cc1. The van der Waals surface area contributed by atoms with Gasteiger partial charge in [0.15, 0.2) is 5.82 Å². The van der Waals surface area contributed by atoms with E-state index in [9.17, 15) is 0 Å². The number of anilines is 1. The van der Waals surface area contributed by atoms with Gasteiger partial charge >= 0.3 is 0 Å². The number of rotatable bonds is 2. The fourth-order valence-electron chi connectivity index (χ4n) is 2.28. The molecule has 0 spiro atoms. The Hall–Kier alpha value is -2.62. The number of benzene rings is 1. The number of nitrogens with two attached hydrogens (primary N) is 1. The first-order chi connectivity index (χ1) is 9.65.